The highest BCUT2D eigenvalue weighted by Gasteiger charge is 2.56. The van der Waals surface area contributed by atoms with Crippen molar-refractivity contribution in [2.75, 3.05) is 19.8 Å². The summed E-state index contributed by atoms with van der Waals surface area (Å²) < 4.78 is 29.8. The number of carbonyl (C=O) groups excluding carboxylic acids is 1. The summed E-state index contributed by atoms with van der Waals surface area (Å²) in [6.45, 7) is 15.2. The third-order valence-corrected chi connectivity index (χ3v) is 15.1. The van der Waals surface area contributed by atoms with Crippen molar-refractivity contribution in [1.82, 2.24) is 0 Å². The van der Waals surface area contributed by atoms with Crippen molar-refractivity contribution in [1.29, 1.82) is 0 Å². The Labute approximate surface area is 333 Å². The van der Waals surface area contributed by atoms with E-state index in [9.17, 15) is 9.59 Å². The molecule has 0 unspecified atom stereocenters. The molecule has 1 aliphatic heterocycles. The number of allylic oxidation sites excluding steroid dienone is 1. The molecule has 302 valence electrons. The van der Waals surface area contributed by atoms with E-state index in [4.69, 9.17) is 23.4 Å². The second kappa shape index (κ2) is 15.9. The summed E-state index contributed by atoms with van der Waals surface area (Å²) in [4.78, 5) is 26.8. The lowest BCUT2D eigenvalue weighted by Gasteiger charge is -2.61. The van der Waals surface area contributed by atoms with E-state index in [1.807, 2.05) is 18.2 Å². The molecule has 0 bridgehead atoms. The summed E-state index contributed by atoms with van der Waals surface area (Å²) in [5.74, 6) is 6.79. The number of esters is 1. The van der Waals surface area contributed by atoms with Gasteiger partial charge in [0.05, 0.1) is 24.2 Å². The van der Waals surface area contributed by atoms with Gasteiger partial charge in [-0.1, -0.05) is 71.6 Å². The van der Waals surface area contributed by atoms with Crippen molar-refractivity contribution < 1.29 is 28.2 Å². The first-order valence-corrected chi connectivity index (χ1v) is 21.9. The van der Waals surface area contributed by atoms with Gasteiger partial charge in [-0.25, -0.2) is 4.79 Å². The summed E-state index contributed by atoms with van der Waals surface area (Å²) in [5, 5.41) is 0.443. The average Bonchev–Trinajstić information content (AvgIpc) is 3.41. The van der Waals surface area contributed by atoms with Crippen molar-refractivity contribution in [2.24, 2.45) is 46.3 Å². The standard InChI is InChI=1S/C49H64O7/c1-30(2)9-7-10-31(3)34-11-17-40-38-15-13-35-26-37(19-22-49(35,6)41(38)20-21-48(40,5)28-34)56-45(50)29-54-36-14-16-39-43(27-36)55-32(4)46(47(39)51)33-12-18-42-44(25-33)53-24-8-23-52-42/h12-14,16,18,25,27,30-31,34,37-38,40-41H,7-11,15,17,19-24,26,28-29H2,1-6H3/t31-,34+,37-,38-,40+,41+,48+,49-/m0/s1. The van der Waals surface area contributed by atoms with Crippen LogP contribution in [0.15, 0.2) is 57.3 Å². The highest BCUT2D eigenvalue weighted by molar-refractivity contribution is 5.84. The van der Waals surface area contributed by atoms with E-state index in [1.54, 1.807) is 25.1 Å². The number of hydrogen-bond donors (Lipinski definition) is 0. The molecule has 7 heteroatoms. The molecule has 8 atom stereocenters. The molecule has 0 radical (unpaired) electrons. The maximum absolute atomic E-state index is 13.7. The maximum atomic E-state index is 13.7. The second-order valence-electron chi connectivity index (χ2n) is 19.2. The lowest BCUT2D eigenvalue weighted by molar-refractivity contribution is -0.154. The molecule has 0 spiro atoms. The van der Waals surface area contributed by atoms with Crippen molar-refractivity contribution in [3.05, 3.63) is 64.0 Å². The Balaban J connectivity index is 0.867. The third-order valence-electron chi connectivity index (χ3n) is 15.1. The van der Waals surface area contributed by atoms with E-state index >= 15 is 0 Å². The Morgan fingerprint density at radius 2 is 1.75 bits per heavy atom. The normalized spacial score (nSPS) is 30.3. The first kappa shape index (κ1) is 39.1. The van der Waals surface area contributed by atoms with Gasteiger partial charge in [0.1, 0.15) is 23.2 Å². The smallest absolute Gasteiger partial charge is 0.344 e. The first-order valence-electron chi connectivity index (χ1n) is 21.9. The zero-order valence-corrected chi connectivity index (χ0v) is 34.8. The zero-order valence-electron chi connectivity index (χ0n) is 34.8. The molecule has 3 fully saturated rings. The van der Waals surface area contributed by atoms with Gasteiger partial charge in [0, 0.05) is 18.9 Å². The molecule has 1 aromatic heterocycles. The molecule has 0 saturated heterocycles. The SMILES string of the molecule is Cc1oc2cc(OCC(=O)O[C@H]3CC[C@@]4(C)C(=CC[C@H]5[C@H]6CC[C@@H]([C@@H](C)CCCC(C)C)C[C@@]6(C)CC[C@H]54)C3)ccc2c(=O)c1-c1ccc2c(c1)OCCCO2. The van der Waals surface area contributed by atoms with Crippen LogP contribution in [0.3, 0.4) is 0 Å². The van der Waals surface area contributed by atoms with E-state index in [0.29, 0.717) is 63.7 Å². The predicted octanol–water partition coefficient (Wildman–Crippen LogP) is 11.7. The van der Waals surface area contributed by atoms with Crippen molar-refractivity contribution >= 4 is 16.9 Å². The monoisotopic (exact) mass is 764 g/mol. The topological polar surface area (TPSA) is 84.2 Å². The van der Waals surface area contributed by atoms with Gasteiger partial charge >= 0.3 is 5.97 Å². The van der Waals surface area contributed by atoms with Crippen molar-refractivity contribution in [2.45, 2.75) is 131 Å². The molecule has 8 rings (SSSR count). The van der Waals surface area contributed by atoms with Gasteiger partial charge in [-0.3, -0.25) is 4.79 Å². The number of aryl methyl sites for hydroxylation is 1. The number of ether oxygens (including phenoxy) is 4. The van der Waals surface area contributed by atoms with Crippen molar-refractivity contribution in [3.63, 3.8) is 0 Å². The molecule has 56 heavy (non-hydrogen) atoms. The van der Waals surface area contributed by atoms with Gasteiger partial charge in [-0.05, 0) is 134 Å². The fraction of sp³-hybridized carbons (Fsp3) is 0.633. The Hall–Kier alpha value is -3.74. The molecule has 2 heterocycles. The van der Waals surface area contributed by atoms with Gasteiger partial charge in [0.2, 0.25) is 5.43 Å². The van der Waals surface area contributed by atoms with E-state index < -0.39 is 0 Å². The quantitative estimate of drug-likeness (QED) is 0.150. The Bertz CT molecular complexity index is 2010. The fourth-order valence-corrected chi connectivity index (χ4v) is 12.0. The van der Waals surface area contributed by atoms with Crippen LogP contribution in [-0.2, 0) is 9.53 Å². The molecule has 3 aromatic rings. The Kier molecular flexibility index (Phi) is 11.1. The Morgan fingerprint density at radius 3 is 2.57 bits per heavy atom. The van der Waals surface area contributed by atoms with Crippen LogP contribution in [0.2, 0.25) is 0 Å². The molecule has 2 aromatic carbocycles. The van der Waals surface area contributed by atoms with Gasteiger partial charge in [-0.2, -0.15) is 0 Å². The second-order valence-corrected chi connectivity index (χ2v) is 19.2. The maximum Gasteiger partial charge on any atom is 0.344 e. The molecular formula is C49H64O7. The minimum atomic E-state index is -0.362. The lowest BCUT2D eigenvalue weighted by Crippen LogP contribution is -2.52. The predicted molar refractivity (Wildman–Crippen MR) is 221 cm³/mol. The van der Waals surface area contributed by atoms with E-state index in [2.05, 4.69) is 40.7 Å². The summed E-state index contributed by atoms with van der Waals surface area (Å²) >= 11 is 0. The van der Waals surface area contributed by atoms with Crippen LogP contribution in [0.4, 0.5) is 0 Å². The van der Waals surface area contributed by atoms with Crippen LogP contribution in [0.25, 0.3) is 22.1 Å². The van der Waals surface area contributed by atoms with E-state index in [1.165, 1.54) is 63.4 Å². The number of hydrogen-bond acceptors (Lipinski definition) is 7. The summed E-state index contributed by atoms with van der Waals surface area (Å²) in [6, 6.07) is 10.6. The lowest BCUT2D eigenvalue weighted by atomic mass is 9.44. The minimum Gasteiger partial charge on any atom is -0.490 e. The van der Waals surface area contributed by atoms with Gasteiger partial charge in [-0.15, -0.1) is 0 Å². The van der Waals surface area contributed by atoms with Crippen LogP contribution in [0, 0.1) is 53.3 Å². The Morgan fingerprint density at radius 1 is 0.929 bits per heavy atom. The van der Waals surface area contributed by atoms with Crippen molar-refractivity contribution in [3.8, 4) is 28.4 Å². The number of carbonyl (C=O) groups is 1. The van der Waals surface area contributed by atoms with Crippen LogP contribution in [0.5, 0.6) is 17.2 Å². The molecule has 7 nitrogen and oxygen atoms in total. The molecule has 3 saturated carbocycles. The molecule has 5 aliphatic rings. The summed E-state index contributed by atoms with van der Waals surface area (Å²) in [6.07, 6.45) is 18.3. The highest BCUT2D eigenvalue weighted by atomic mass is 16.6. The molecule has 0 N–H and O–H groups in total. The van der Waals surface area contributed by atoms with Crippen LogP contribution >= 0.6 is 0 Å². The van der Waals surface area contributed by atoms with Gasteiger partial charge in [0.25, 0.3) is 0 Å². The molecule has 4 aliphatic carbocycles. The fourth-order valence-electron chi connectivity index (χ4n) is 12.0. The third kappa shape index (κ3) is 7.65. The van der Waals surface area contributed by atoms with Crippen LogP contribution < -0.4 is 19.6 Å². The highest BCUT2D eigenvalue weighted by Crippen LogP contribution is 2.65. The first-order chi connectivity index (χ1) is 26.9. The summed E-state index contributed by atoms with van der Waals surface area (Å²) in [5.41, 5.74) is 3.69. The molecule has 0 amide bonds. The zero-order chi connectivity index (χ0) is 39.2. The van der Waals surface area contributed by atoms with Crippen LogP contribution in [-0.4, -0.2) is 31.9 Å². The average molecular weight is 765 g/mol. The summed E-state index contributed by atoms with van der Waals surface area (Å²) in [7, 11) is 0. The van der Waals surface area contributed by atoms with Crippen LogP contribution in [0.1, 0.15) is 124 Å². The van der Waals surface area contributed by atoms with Gasteiger partial charge < -0.3 is 23.4 Å². The largest absolute Gasteiger partial charge is 0.490 e. The minimum absolute atomic E-state index is 0.121. The number of rotatable bonds is 10. The number of fused-ring (bicyclic) bond motifs is 7. The van der Waals surface area contributed by atoms with E-state index in [-0.39, 0.29) is 29.5 Å². The van der Waals surface area contributed by atoms with Gasteiger partial charge in [0.15, 0.2) is 18.1 Å². The van der Waals surface area contributed by atoms with E-state index in [0.717, 1.165) is 61.2 Å². The molecular weight excluding hydrogens is 701 g/mol. The number of benzene rings is 2.